The summed E-state index contributed by atoms with van der Waals surface area (Å²) in [5, 5.41) is 13.1. The Kier molecular flexibility index (Phi) is 4.46. The third-order valence-electron chi connectivity index (χ3n) is 4.66. The van der Waals surface area contributed by atoms with Gasteiger partial charge in [0.15, 0.2) is 0 Å². The molecule has 1 aromatic carbocycles. The lowest BCUT2D eigenvalue weighted by Crippen LogP contribution is -2.29. The van der Waals surface area contributed by atoms with Crippen LogP contribution in [0, 0.1) is 0 Å². The molecule has 0 bridgehead atoms. The number of nitrogens with zero attached hydrogens (tertiary/aromatic N) is 1. The second-order valence-electron chi connectivity index (χ2n) is 6.24. The van der Waals surface area contributed by atoms with Gasteiger partial charge in [-0.05, 0) is 69.2 Å². The fourth-order valence-corrected chi connectivity index (χ4v) is 3.38. The van der Waals surface area contributed by atoms with Crippen molar-refractivity contribution in [3.63, 3.8) is 0 Å². The molecule has 0 aromatic heterocycles. The Hall–Kier alpha value is -1.22. The Bertz CT molecular complexity index is 404. The Morgan fingerprint density at radius 2 is 1.55 bits per heavy atom. The Morgan fingerprint density at radius 3 is 2.20 bits per heavy atom. The number of hydrogen-bond donors (Lipinski definition) is 2. The van der Waals surface area contributed by atoms with Gasteiger partial charge >= 0.3 is 0 Å². The molecule has 1 aliphatic carbocycles. The Labute approximate surface area is 122 Å². The smallest absolute Gasteiger partial charge is 0.0541 e. The van der Waals surface area contributed by atoms with E-state index in [2.05, 4.69) is 34.5 Å². The standard InChI is InChI=1S/C17H26N2O/c20-17-10-6-15(7-11-17)18-14-4-8-16(9-5-14)19-12-2-1-3-13-19/h4-5,8-9,15,17-18,20H,1-3,6-7,10-13H2. The van der Waals surface area contributed by atoms with Gasteiger partial charge in [0.2, 0.25) is 0 Å². The Morgan fingerprint density at radius 1 is 0.900 bits per heavy atom. The second-order valence-corrected chi connectivity index (χ2v) is 6.24. The molecule has 1 heterocycles. The first-order chi connectivity index (χ1) is 9.81. The van der Waals surface area contributed by atoms with E-state index in [-0.39, 0.29) is 6.10 Å². The molecular weight excluding hydrogens is 248 g/mol. The monoisotopic (exact) mass is 274 g/mol. The molecule has 2 N–H and O–H groups in total. The zero-order valence-corrected chi connectivity index (χ0v) is 12.2. The van der Waals surface area contributed by atoms with Crippen LogP contribution in [0.1, 0.15) is 44.9 Å². The van der Waals surface area contributed by atoms with Crippen LogP contribution in [-0.4, -0.2) is 30.3 Å². The number of rotatable bonds is 3. The van der Waals surface area contributed by atoms with E-state index >= 15 is 0 Å². The van der Waals surface area contributed by atoms with Crippen molar-refractivity contribution >= 4 is 11.4 Å². The van der Waals surface area contributed by atoms with Crippen LogP contribution in [0.4, 0.5) is 11.4 Å². The predicted molar refractivity (Wildman–Crippen MR) is 84.4 cm³/mol. The number of nitrogens with one attached hydrogen (secondary N) is 1. The maximum Gasteiger partial charge on any atom is 0.0541 e. The minimum atomic E-state index is -0.0745. The molecule has 3 nitrogen and oxygen atoms in total. The first-order valence-corrected chi connectivity index (χ1v) is 8.11. The average molecular weight is 274 g/mol. The van der Waals surface area contributed by atoms with E-state index in [1.54, 1.807) is 0 Å². The highest BCUT2D eigenvalue weighted by Crippen LogP contribution is 2.25. The first kappa shape index (κ1) is 13.7. The second kappa shape index (κ2) is 6.49. The van der Waals surface area contributed by atoms with Crippen LogP contribution in [0.5, 0.6) is 0 Å². The van der Waals surface area contributed by atoms with E-state index in [1.165, 1.54) is 43.7 Å². The van der Waals surface area contributed by atoms with E-state index in [9.17, 15) is 5.11 Å². The van der Waals surface area contributed by atoms with Gasteiger partial charge in [0.25, 0.3) is 0 Å². The highest BCUT2D eigenvalue weighted by atomic mass is 16.3. The summed E-state index contributed by atoms with van der Waals surface area (Å²) in [6.45, 7) is 2.40. The topological polar surface area (TPSA) is 35.5 Å². The molecule has 0 atom stereocenters. The van der Waals surface area contributed by atoms with Gasteiger partial charge in [-0.3, -0.25) is 0 Å². The largest absolute Gasteiger partial charge is 0.393 e. The van der Waals surface area contributed by atoms with E-state index in [1.807, 2.05) is 0 Å². The van der Waals surface area contributed by atoms with Gasteiger partial charge in [0.1, 0.15) is 0 Å². The Balaban J connectivity index is 1.55. The number of piperidine rings is 1. The van der Waals surface area contributed by atoms with Crippen LogP contribution in [0.2, 0.25) is 0 Å². The van der Waals surface area contributed by atoms with Gasteiger partial charge in [0.05, 0.1) is 6.10 Å². The quantitative estimate of drug-likeness (QED) is 0.887. The molecule has 2 fully saturated rings. The van der Waals surface area contributed by atoms with Crippen molar-refractivity contribution in [1.82, 2.24) is 0 Å². The highest BCUT2D eigenvalue weighted by Gasteiger charge is 2.19. The van der Waals surface area contributed by atoms with Gasteiger partial charge in [0, 0.05) is 30.5 Å². The lowest BCUT2D eigenvalue weighted by atomic mass is 9.93. The minimum absolute atomic E-state index is 0.0745. The van der Waals surface area contributed by atoms with Crippen molar-refractivity contribution in [2.45, 2.75) is 57.1 Å². The molecule has 1 aliphatic heterocycles. The average Bonchev–Trinajstić information content (AvgIpc) is 2.51. The number of aliphatic hydroxyl groups excluding tert-OH is 1. The molecule has 2 aliphatic rings. The summed E-state index contributed by atoms with van der Waals surface area (Å²) in [6.07, 6.45) is 7.98. The molecule has 110 valence electrons. The minimum Gasteiger partial charge on any atom is -0.393 e. The van der Waals surface area contributed by atoms with Crippen LogP contribution in [0.15, 0.2) is 24.3 Å². The molecule has 3 rings (SSSR count). The molecule has 0 radical (unpaired) electrons. The maximum atomic E-state index is 9.54. The van der Waals surface area contributed by atoms with Crippen LogP contribution in [0.3, 0.4) is 0 Å². The van der Waals surface area contributed by atoms with Crippen LogP contribution in [0.25, 0.3) is 0 Å². The van der Waals surface area contributed by atoms with E-state index in [4.69, 9.17) is 0 Å². The van der Waals surface area contributed by atoms with Crippen molar-refractivity contribution < 1.29 is 5.11 Å². The van der Waals surface area contributed by atoms with Crippen molar-refractivity contribution in [2.24, 2.45) is 0 Å². The zero-order valence-electron chi connectivity index (χ0n) is 12.2. The first-order valence-electron chi connectivity index (χ1n) is 8.11. The summed E-state index contributed by atoms with van der Waals surface area (Å²) in [7, 11) is 0. The molecule has 20 heavy (non-hydrogen) atoms. The van der Waals surface area contributed by atoms with Crippen molar-refractivity contribution in [3.05, 3.63) is 24.3 Å². The van der Waals surface area contributed by atoms with Gasteiger partial charge in [-0.25, -0.2) is 0 Å². The zero-order chi connectivity index (χ0) is 13.8. The molecule has 1 saturated heterocycles. The lowest BCUT2D eigenvalue weighted by Gasteiger charge is -2.29. The highest BCUT2D eigenvalue weighted by molar-refractivity contribution is 5.55. The van der Waals surface area contributed by atoms with E-state index in [0.717, 1.165) is 25.7 Å². The third kappa shape index (κ3) is 3.45. The van der Waals surface area contributed by atoms with Gasteiger partial charge < -0.3 is 15.3 Å². The molecule has 0 unspecified atom stereocenters. The van der Waals surface area contributed by atoms with Crippen molar-refractivity contribution in [2.75, 3.05) is 23.3 Å². The van der Waals surface area contributed by atoms with E-state index < -0.39 is 0 Å². The lowest BCUT2D eigenvalue weighted by molar-refractivity contribution is 0.126. The van der Waals surface area contributed by atoms with Crippen LogP contribution >= 0.6 is 0 Å². The fraction of sp³-hybridized carbons (Fsp3) is 0.647. The van der Waals surface area contributed by atoms with Crippen LogP contribution < -0.4 is 10.2 Å². The summed E-state index contributed by atoms with van der Waals surface area (Å²) in [5.41, 5.74) is 2.57. The summed E-state index contributed by atoms with van der Waals surface area (Å²) < 4.78 is 0. The van der Waals surface area contributed by atoms with Crippen LogP contribution in [-0.2, 0) is 0 Å². The van der Waals surface area contributed by atoms with Gasteiger partial charge in [-0.1, -0.05) is 0 Å². The number of aliphatic hydroxyl groups is 1. The number of benzene rings is 1. The summed E-state index contributed by atoms with van der Waals surface area (Å²) in [5.74, 6) is 0. The van der Waals surface area contributed by atoms with E-state index in [0.29, 0.717) is 6.04 Å². The van der Waals surface area contributed by atoms with Crippen molar-refractivity contribution in [3.8, 4) is 0 Å². The fourth-order valence-electron chi connectivity index (χ4n) is 3.38. The third-order valence-corrected chi connectivity index (χ3v) is 4.66. The van der Waals surface area contributed by atoms with Gasteiger partial charge in [-0.2, -0.15) is 0 Å². The molecule has 0 amide bonds. The molecule has 0 spiro atoms. The molecular formula is C17H26N2O. The normalized spacial score (nSPS) is 27.4. The summed E-state index contributed by atoms with van der Waals surface area (Å²) in [4.78, 5) is 2.49. The molecule has 1 saturated carbocycles. The molecule has 1 aromatic rings. The predicted octanol–water partition coefficient (Wildman–Crippen LogP) is 3.39. The summed E-state index contributed by atoms with van der Waals surface area (Å²) in [6, 6.07) is 9.42. The maximum absolute atomic E-state index is 9.54. The molecule has 3 heteroatoms. The summed E-state index contributed by atoms with van der Waals surface area (Å²) >= 11 is 0. The SMILES string of the molecule is OC1CCC(Nc2ccc(N3CCCCC3)cc2)CC1. The van der Waals surface area contributed by atoms with Gasteiger partial charge in [-0.15, -0.1) is 0 Å². The van der Waals surface area contributed by atoms with Crippen molar-refractivity contribution in [1.29, 1.82) is 0 Å². The number of hydrogen-bond acceptors (Lipinski definition) is 3. The number of anilines is 2.